The van der Waals surface area contributed by atoms with Crippen LogP contribution in [0.25, 0.3) is 22.6 Å². The Hall–Kier alpha value is -2.18. The predicted octanol–water partition coefficient (Wildman–Crippen LogP) is 4.68. The number of aromatic amines is 1. The first-order chi connectivity index (χ1) is 12.5. The van der Waals surface area contributed by atoms with Crippen molar-refractivity contribution >= 4 is 29.3 Å². The van der Waals surface area contributed by atoms with Gasteiger partial charge in [-0.05, 0) is 43.9 Å². The summed E-state index contributed by atoms with van der Waals surface area (Å²) in [7, 11) is 0. The molecule has 0 saturated carbocycles. The Kier molecular flexibility index (Phi) is 5.74. The molecule has 2 aromatic heterocycles. The van der Waals surface area contributed by atoms with Crippen molar-refractivity contribution in [3.05, 3.63) is 52.7 Å². The number of carbonyl (C=O) groups excluding carboxylic acids is 1. The number of thioether (sulfide) groups is 1. The first-order valence-electron chi connectivity index (χ1n) is 8.13. The van der Waals surface area contributed by atoms with E-state index >= 15 is 0 Å². The third-order valence-electron chi connectivity index (χ3n) is 3.94. The van der Waals surface area contributed by atoms with E-state index in [-0.39, 0.29) is 12.5 Å². The topological polar surface area (TPSA) is 59.9 Å². The number of halogens is 1. The number of hydrogen-bond donors (Lipinski definition) is 1. The molecule has 0 aliphatic carbocycles. The third kappa shape index (κ3) is 3.97. The van der Waals surface area contributed by atoms with E-state index in [4.69, 9.17) is 16.3 Å². The summed E-state index contributed by atoms with van der Waals surface area (Å²) >= 11 is 7.90. The second-order valence-corrected chi connectivity index (χ2v) is 7.17. The van der Waals surface area contributed by atoms with Crippen molar-refractivity contribution < 1.29 is 9.53 Å². The van der Waals surface area contributed by atoms with Crippen LogP contribution in [0.4, 0.5) is 0 Å². The molecule has 0 aliphatic rings. The van der Waals surface area contributed by atoms with Crippen LogP contribution in [-0.4, -0.2) is 32.9 Å². The standard InChI is InChI=1S/C19H20ClN3O2S/c1-12-5-4-6-14(9-12)15-7-8-16(21-15)19-18(20)13(2)22-23(19)10-17(24)25-11-26-3/h4-9,21H,10-11H2,1-3H3. The quantitative estimate of drug-likeness (QED) is 0.491. The van der Waals surface area contributed by atoms with Crippen LogP contribution in [0.5, 0.6) is 0 Å². The molecular weight excluding hydrogens is 370 g/mol. The summed E-state index contributed by atoms with van der Waals surface area (Å²) in [5.41, 5.74) is 5.43. The van der Waals surface area contributed by atoms with Gasteiger partial charge in [-0.25, -0.2) is 0 Å². The van der Waals surface area contributed by atoms with Gasteiger partial charge in [0, 0.05) is 5.69 Å². The summed E-state index contributed by atoms with van der Waals surface area (Å²) < 4.78 is 6.72. The van der Waals surface area contributed by atoms with E-state index in [0.29, 0.717) is 22.3 Å². The van der Waals surface area contributed by atoms with Crippen molar-refractivity contribution in [1.82, 2.24) is 14.8 Å². The molecule has 7 heteroatoms. The summed E-state index contributed by atoms with van der Waals surface area (Å²) in [6.45, 7) is 3.89. The molecule has 3 rings (SSSR count). The van der Waals surface area contributed by atoms with Gasteiger partial charge in [0.2, 0.25) is 0 Å². The number of aryl methyl sites for hydroxylation is 2. The first kappa shape index (κ1) is 18.6. The minimum atomic E-state index is -0.342. The lowest BCUT2D eigenvalue weighted by atomic mass is 10.1. The van der Waals surface area contributed by atoms with E-state index in [9.17, 15) is 4.79 Å². The Bertz CT molecular complexity index is 933. The van der Waals surface area contributed by atoms with Gasteiger partial charge in [0.05, 0.1) is 16.4 Å². The normalized spacial score (nSPS) is 10.9. The highest BCUT2D eigenvalue weighted by atomic mass is 35.5. The Morgan fingerprint density at radius 2 is 2.04 bits per heavy atom. The van der Waals surface area contributed by atoms with Gasteiger partial charge < -0.3 is 9.72 Å². The second-order valence-electron chi connectivity index (χ2n) is 5.98. The van der Waals surface area contributed by atoms with E-state index in [2.05, 4.69) is 29.1 Å². The predicted molar refractivity (Wildman–Crippen MR) is 106 cm³/mol. The number of carbonyl (C=O) groups is 1. The highest BCUT2D eigenvalue weighted by Crippen LogP contribution is 2.32. The maximum Gasteiger partial charge on any atom is 0.328 e. The maximum atomic E-state index is 12.0. The minimum absolute atomic E-state index is 0.0161. The van der Waals surface area contributed by atoms with Crippen molar-refractivity contribution in [2.24, 2.45) is 0 Å². The van der Waals surface area contributed by atoms with Gasteiger partial charge in [-0.3, -0.25) is 9.48 Å². The fourth-order valence-electron chi connectivity index (χ4n) is 2.74. The molecule has 2 heterocycles. The highest BCUT2D eigenvalue weighted by Gasteiger charge is 2.19. The average Bonchev–Trinajstić information content (AvgIpc) is 3.18. The molecule has 0 spiro atoms. The molecule has 0 aliphatic heterocycles. The zero-order valence-corrected chi connectivity index (χ0v) is 16.4. The lowest BCUT2D eigenvalue weighted by molar-refractivity contribution is -0.142. The first-order valence-corrected chi connectivity index (χ1v) is 9.90. The second kappa shape index (κ2) is 8.01. The zero-order chi connectivity index (χ0) is 18.7. The third-order valence-corrected chi connectivity index (χ3v) is 4.75. The molecule has 26 heavy (non-hydrogen) atoms. The largest absolute Gasteiger partial charge is 0.453 e. The Balaban J connectivity index is 1.93. The summed E-state index contributed by atoms with van der Waals surface area (Å²) in [4.78, 5) is 15.4. The molecule has 0 bridgehead atoms. The number of nitrogens with zero attached hydrogens (tertiary/aromatic N) is 2. The number of ether oxygens (including phenoxy) is 1. The smallest absolute Gasteiger partial charge is 0.328 e. The van der Waals surface area contributed by atoms with Crippen LogP contribution in [-0.2, 0) is 16.1 Å². The van der Waals surface area contributed by atoms with E-state index in [1.807, 2.05) is 37.4 Å². The fourth-order valence-corrected chi connectivity index (χ4v) is 3.22. The highest BCUT2D eigenvalue weighted by molar-refractivity contribution is 7.98. The summed E-state index contributed by atoms with van der Waals surface area (Å²) in [5, 5.41) is 4.92. The van der Waals surface area contributed by atoms with Crippen molar-refractivity contribution in [2.75, 3.05) is 12.2 Å². The van der Waals surface area contributed by atoms with Gasteiger partial charge >= 0.3 is 5.97 Å². The van der Waals surface area contributed by atoms with Gasteiger partial charge in [0.1, 0.15) is 18.2 Å². The summed E-state index contributed by atoms with van der Waals surface area (Å²) in [5.74, 6) is -0.0208. The lowest BCUT2D eigenvalue weighted by Gasteiger charge is -2.07. The Labute approximate surface area is 161 Å². The van der Waals surface area contributed by atoms with E-state index in [0.717, 1.165) is 17.0 Å². The van der Waals surface area contributed by atoms with Gasteiger partial charge in [-0.2, -0.15) is 5.10 Å². The molecule has 1 N–H and O–H groups in total. The van der Waals surface area contributed by atoms with Crippen molar-refractivity contribution in [2.45, 2.75) is 20.4 Å². The lowest BCUT2D eigenvalue weighted by Crippen LogP contribution is -2.15. The number of esters is 1. The fraction of sp³-hybridized carbons (Fsp3) is 0.263. The number of aromatic nitrogens is 3. The van der Waals surface area contributed by atoms with E-state index < -0.39 is 0 Å². The van der Waals surface area contributed by atoms with Crippen LogP contribution >= 0.6 is 23.4 Å². The molecule has 0 amide bonds. The van der Waals surface area contributed by atoms with Gasteiger partial charge in [-0.1, -0.05) is 35.4 Å². The van der Waals surface area contributed by atoms with Crippen LogP contribution in [0.2, 0.25) is 5.02 Å². The number of rotatable bonds is 6. The number of benzene rings is 1. The molecule has 3 aromatic rings. The van der Waals surface area contributed by atoms with Crippen molar-refractivity contribution in [3.63, 3.8) is 0 Å². The molecule has 0 radical (unpaired) electrons. The summed E-state index contributed by atoms with van der Waals surface area (Å²) in [6, 6.07) is 12.2. The molecular formula is C19H20ClN3O2S. The number of nitrogens with one attached hydrogen (secondary N) is 1. The SMILES string of the molecule is CSCOC(=O)Cn1nc(C)c(Cl)c1-c1ccc(-c2cccc(C)c2)[nH]1. The van der Waals surface area contributed by atoms with E-state index in [1.165, 1.54) is 17.3 Å². The van der Waals surface area contributed by atoms with Gasteiger partial charge in [0.15, 0.2) is 0 Å². The molecule has 0 saturated heterocycles. The minimum Gasteiger partial charge on any atom is -0.453 e. The molecule has 136 valence electrons. The Morgan fingerprint density at radius 3 is 2.77 bits per heavy atom. The molecule has 0 unspecified atom stereocenters. The molecule has 0 fully saturated rings. The van der Waals surface area contributed by atoms with Crippen LogP contribution in [0.3, 0.4) is 0 Å². The van der Waals surface area contributed by atoms with E-state index in [1.54, 1.807) is 4.68 Å². The zero-order valence-electron chi connectivity index (χ0n) is 14.9. The molecule has 1 aromatic carbocycles. The van der Waals surface area contributed by atoms with Crippen molar-refractivity contribution in [3.8, 4) is 22.6 Å². The number of hydrogen-bond acceptors (Lipinski definition) is 4. The van der Waals surface area contributed by atoms with Gasteiger partial charge in [-0.15, -0.1) is 11.8 Å². The van der Waals surface area contributed by atoms with Crippen LogP contribution < -0.4 is 0 Å². The number of H-pyrrole nitrogens is 1. The van der Waals surface area contributed by atoms with Crippen LogP contribution in [0, 0.1) is 13.8 Å². The Morgan fingerprint density at radius 1 is 1.27 bits per heavy atom. The van der Waals surface area contributed by atoms with Gasteiger partial charge in [0.25, 0.3) is 0 Å². The monoisotopic (exact) mass is 389 g/mol. The molecule has 5 nitrogen and oxygen atoms in total. The van der Waals surface area contributed by atoms with Crippen molar-refractivity contribution in [1.29, 1.82) is 0 Å². The van der Waals surface area contributed by atoms with Crippen LogP contribution in [0.1, 0.15) is 11.3 Å². The average molecular weight is 390 g/mol. The maximum absolute atomic E-state index is 12.0. The molecule has 0 atom stereocenters. The summed E-state index contributed by atoms with van der Waals surface area (Å²) in [6.07, 6.45) is 1.87. The van der Waals surface area contributed by atoms with Crippen LogP contribution in [0.15, 0.2) is 36.4 Å².